The van der Waals surface area contributed by atoms with E-state index in [1.807, 2.05) is 42.4 Å². The number of carbonyl (C=O) groups excluding carboxylic acids is 1. The molecule has 1 fully saturated rings. The molecule has 7 nitrogen and oxygen atoms in total. The summed E-state index contributed by atoms with van der Waals surface area (Å²) in [5, 5.41) is 7.62. The monoisotopic (exact) mass is 376 g/mol. The van der Waals surface area contributed by atoms with E-state index in [4.69, 9.17) is 0 Å². The third-order valence-corrected chi connectivity index (χ3v) is 5.13. The summed E-state index contributed by atoms with van der Waals surface area (Å²) in [7, 11) is 1.85. The van der Waals surface area contributed by atoms with Crippen LogP contribution in [-0.4, -0.2) is 37.2 Å². The highest BCUT2D eigenvalue weighted by Gasteiger charge is 2.27. The predicted octanol–water partition coefficient (Wildman–Crippen LogP) is 4.03. The Labute approximate surface area is 164 Å². The predicted molar refractivity (Wildman–Crippen MR) is 108 cm³/mol. The number of aryl methyl sites for hydroxylation is 1. The largest absolute Gasteiger partial charge is 0.322 e. The van der Waals surface area contributed by atoms with Gasteiger partial charge in [-0.15, -0.1) is 0 Å². The van der Waals surface area contributed by atoms with Gasteiger partial charge in [-0.25, -0.2) is 4.79 Å². The standard InChI is InChI=1S/C21H24N6O/c1-26-15-18(20(25-26)17-8-12-23-13-9-17)24-21(28)27-14-4-2-3-5-19(27)16-6-10-22-11-7-16/h6-13,15,19H,2-5,14H2,1H3,(H,24,28)/t19-/m0/s1. The molecule has 0 spiro atoms. The van der Waals surface area contributed by atoms with E-state index in [0.717, 1.165) is 49.0 Å². The number of carbonyl (C=O) groups is 1. The van der Waals surface area contributed by atoms with Crippen LogP contribution >= 0.6 is 0 Å². The number of urea groups is 1. The number of nitrogens with one attached hydrogen (secondary N) is 1. The summed E-state index contributed by atoms with van der Waals surface area (Å²) < 4.78 is 1.72. The summed E-state index contributed by atoms with van der Waals surface area (Å²) >= 11 is 0. The molecule has 2 amide bonds. The molecule has 4 heterocycles. The van der Waals surface area contributed by atoms with Crippen LogP contribution in [0.15, 0.2) is 55.2 Å². The summed E-state index contributed by atoms with van der Waals surface area (Å²) in [5.74, 6) is 0. The fourth-order valence-corrected chi connectivity index (χ4v) is 3.77. The number of amides is 2. The molecule has 0 aliphatic carbocycles. The summed E-state index contributed by atoms with van der Waals surface area (Å²) in [4.78, 5) is 23.4. The summed E-state index contributed by atoms with van der Waals surface area (Å²) in [6, 6.07) is 7.76. The Balaban J connectivity index is 1.60. The van der Waals surface area contributed by atoms with Crippen LogP contribution in [0.4, 0.5) is 10.5 Å². The molecule has 0 aromatic carbocycles. The average molecular weight is 376 g/mol. The van der Waals surface area contributed by atoms with Crippen molar-refractivity contribution in [2.75, 3.05) is 11.9 Å². The maximum absolute atomic E-state index is 13.2. The van der Waals surface area contributed by atoms with Crippen molar-refractivity contribution < 1.29 is 4.79 Å². The minimum atomic E-state index is -0.0907. The van der Waals surface area contributed by atoms with E-state index in [1.54, 1.807) is 29.5 Å². The lowest BCUT2D eigenvalue weighted by molar-refractivity contribution is 0.189. The quantitative estimate of drug-likeness (QED) is 0.749. The molecule has 0 saturated carbocycles. The number of hydrogen-bond donors (Lipinski definition) is 1. The number of nitrogens with zero attached hydrogens (tertiary/aromatic N) is 5. The Morgan fingerprint density at radius 3 is 2.50 bits per heavy atom. The van der Waals surface area contributed by atoms with Crippen molar-refractivity contribution in [3.63, 3.8) is 0 Å². The molecular weight excluding hydrogens is 352 g/mol. The second-order valence-corrected chi connectivity index (χ2v) is 7.07. The zero-order valence-electron chi connectivity index (χ0n) is 16.0. The van der Waals surface area contributed by atoms with Gasteiger partial charge in [-0.3, -0.25) is 14.6 Å². The van der Waals surface area contributed by atoms with E-state index in [-0.39, 0.29) is 12.1 Å². The fourth-order valence-electron chi connectivity index (χ4n) is 3.77. The van der Waals surface area contributed by atoms with Crippen LogP contribution in [0.2, 0.25) is 0 Å². The van der Waals surface area contributed by atoms with Crippen LogP contribution in [0, 0.1) is 0 Å². The van der Waals surface area contributed by atoms with Gasteiger partial charge in [-0.05, 0) is 42.7 Å². The molecule has 0 bridgehead atoms. The Kier molecular flexibility index (Phi) is 5.32. The van der Waals surface area contributed by atoms with E-state index >= 15 is 0 Å². The second-order valence-electron chi connectivity index (χ2n) is 7.07. The Morgan fingerprint density at radius 1 is 1.04 bits per heavy atom. The molecule has 3 aromatic heterocycles. The molecule has 4 rings (SSSR count). The van der Waals surface area contributed by atoms with Crippen LogP contribution in [-0.2, 0) is 7.05 Å². The third kappa shape index (κ3) is 3.88. The highest BCUT2D eigenvalue weighted by molar-refractivity contribution is 5.93. The van der Waals surface area contributed by atoms with Crippen molar-refractivity contribution in [2.24, 2.45) is 7.05 Å². The Morgan fingerprint density at radius 2 is 1.75 bits per heavy atom. The molecule has 1 saturated heterocycles. The number of pyridine rings is 2. The number of anilines is 1. The first-order valence-electron chi connectivity index (χ1n) is 9.64. The first-order valence-corrected chi connectivity index (χ1v) is 9.64. The van der Waals surface area contributed by atoms with Gasteiger partial charge in [-0.1, -0.05) is 12.8 Å². The van der Waals surface area contributed by atoms with Gasteiger partial charge in [-0.2, -0.15) is 5.10 Å². The van der Waals surface area contributed by atoms with E-state index in [9.17, 15) is 4.79 Å². The fraction of sp³-hybridized carbons (Fsp3) is 0.333. The van der Waals surface area contributed by atoms with Gasteiger partial charge in [0.2, 0.25) is 0 Å². The summed E-state index contributed by atoms with van der Waals surface area (Å²) in [6.45, 7) is 0.740. The van der Waals surface area contributed by atoms with Crippen molar-refractivity contribution in [3.8, 4) is 11.3 Å². The molecule has 1 atom stereocenters. The summed E-state index contributed by atoms with van der Waals surface area (Å²) in [6.07, 6.45) is 13.1. The van der Waals surface area contributed by atoms with E-state index in [0.29, 0.717) is 5.69 Å². The SMILES string of the molecule is Cn1cc(NC(=O)N2CCCCC[C@H]2c2ccncc2)c(-c2ccncc2)n1. The highest BCUT2D eigenvalue weighted by Crippen LogP contribution is 2.31. The van der Waals surface area contributed by atoms with E-state index in [2.05, 4.69) is 20.4 Å². The van der Waals surface area contributed by atoms with Crippen molar-refractivity contribution in [1.29, 1.82) is 0 Å². The molecule has 3 aromatic rings. The van der Waals surface area contributed by atoms with Crippen LogP contribution in [0.5, 0.6) is 0 Å². The molecule has 0 unspecified atom stereocenters. The Hall–Kier alpha value is -3.22. The molecule has 0 radical (unpaired) electrons. The lowest BCUT2D eigenvalue weighted by atomic mass is 10.0. The lowest BCUT2D eigenvalue weighted by Gasteiger charge is -2.30. The van der Waals surface area contributed by atoms with Crippen molar-refractivity contribution in [1.82, 2.24) is 24.6 Å². The molecule has 144 valence electrons. The molecule has 1 aliphatic rings. The van der Waals surface area contributed by atoms with Crippen LogP contribution in [0.3, 0.4) is 0 Å². The minimum Gasteiger partial charge on any atom is -0.317 e. The number of likely N-dealkylation sites (tertiary alicyclic amines) is 1. The van der Waals surface area contributed by atoms with E-state index < -0.39 is 0 Å². The van der Waals surface area contributed by atoms with Gasteiger partial charge in [0.05, 0.1) is 11.7 Å². The van der Waals surface area contributed by atoms with Crippen LogP contribution in [0.1, 0.15) is 37.3 Å². The first kappa shape index (κ1) is 18.2. The third-order valence-electron chi connectivity index (χ3n) is 5.13. The number of aromatic nitrogens is 4. The Bertz CT molecular complexity index is 925. The van der Waals surface area contributed by atoms with Gasteiger partial charge in [0, 0.05) is 50.1 Å². The number of rotatable bonds is 3. The van der Waals surface area contributed by atoms with Crippen molar-refractivity contribution in [3.05, 3.63) is 60.8 Å². The maximum atomic E-state index is 13.2. The topological polar surface area (TPSA) is 75.9 Å². The van der Waals surface area contributed by atoms with Gasteiger partial charge in [0.25, 0.3) is 0 Å². The van der Waals surface area contributed by atoms with Gasteiger partial charge >= 0.3 is 6.03 Å². The van der Waals surface area contributed by atoms with Crippen molar-refractivity contribution >= 4 is 11.7 Å². The van der Waals surface area contributed by atoms with Gasteiger partial charge < -0.3 is 10.2 Å². The molecule has 28 heavy (non-hydrogen) atoms. The maximum Gasteiger partial charge on any atom is 0.322 e. The molecule has 7 heteroatoms. The zero-order chi connectivity index (χ0) is 19.3. The normalized spacial score (nSPS) is 17.2. The number of hydrogen-bond acceptors (Lipinski definition) is 4. The van der Waals surface area contributed by atoms with Crippen molar-refractivity contribution in [2.45, 2.75) is 31.7 Å². The first-order chi connectivity index (χ1) is 13.7. The minimum absolute atomic E-state index is 0.0616. The molecular formula is C21H24N6O. The molecule has 1 N–H and O–H groups in total. The van der Waals surface area contributed by atoms with Crippen LogP contribution < -0.4 is 5.32 Å². The smallest absolute Gasteiger partial charge is 0.317 e. The van der Waals surface area contributed by atoms with Gasteiger partial charge in [0.15, 0.2) is 0 Å². The summed E-state index contributed by atoms with van der Waals surface area (Å²) in [5.41, 5.74) is 3.50. The van der Waals surface area contributed by atoms with Crippen LogP contribution in [0.25, 0.3) is 11.3 Å². The second kappa shape index (κ2) is 8.21. The van der Waals surface area contributed by atoms with Gasteiger partial charge in [0.1, 0.15) is 5.69 Å². The lowest BCUT2D eigenvalue weighted by Crippen LogP contribution is -2.38. The van der Waals surface area contributed by atoms with E-state index in [1.165, 1.54) is 0 Å². The zero-order valence-corrected chi connectivity index (χ0v) is 16.0. The average Bonchev–Trinajstić information content (AvgIpc) is 2.93. The highest BCUT2D eigenvalue weighted by atomic mass is 16.2. The molecule has 1 aliphatic heterocycles.